The molecular weight excluding hydrogens is 168 g/mol. The van der Waals surface area contributed by atoms with Gasteiger partial charge in [0.15, 0.2) is 6.79 Å². The standard InChI is InChI=1S/C10H18O3/c1-2-3-4-5-6-7-8-12-10-13-9-11/h6-7,9H,2-5,8,10H2,1H3. The first-order valence-electron chi connectivity index (χ1n) is 4.69. The Balaban J connectivity index is 2.98. The first-order valence-corrected chi connectivity index (χ1v) is 4.69. The number of hydrogen-bond acceptors (Lipinski definition) is 3. The summed E-state index contributed by atoms with van der Waals surface area (Å²) in [5.41, 5.74) is 0. The third-order valence-corrected chi connectivity index (χ3v) is 1.57. The summed E-state index contributed by atoms with van der Waals surface area (Å²) in [5.74, 6) is 0. The Bertz CT molecular complexity index is 132. The SMILES string of the molecule is CCCCCC=CCOCOC=O. The van der Waals surface area contributed by atoms with Crippen LogP contribution in [0.2, 0.25) is 0 Å². The summed E-state index contributed by atoms with van der Waals surface area (Å²) in [5, 5.41) is 0. The van der Waals surface area contributed by atoms with Crippen molar-refractivity contribution in [3.63, 3.8) is 0 Å². The number of carbonyl (C=O) groups excluding carboxylic acids is 1. The lowest BCUT2D eigenvalue weighted by Crippen LogP contribution is -1.97. The molecular formula is C10H18O3. The van der Waals surface area contributed by atoms with Gasteiger partial charge in [-0.1, -0.05) is 31.9 Å². The summed E-state index contributed by atoms with van der Waals surface area (Å²) in [6, 6.07) is 0. The predicted molar refractivity (Wildman–Crippen MR) is 51.3 cm³/mol. The minimum atomic E-state index is 0.0444. The molecule has 13 heavy (non-hydrogen) atoms. The summed E-state index contributed by atoms with van der Waals surface area (Å²) in [6.45, 7) is 3.12. The molecule has 0 radical (unpaired) electrons. The van der Waals surface area contributed by atoms with Gasteiger partial charge in [0, 0.05) is 0 Å². The molecule has 0 saturated carbocycles. The highest BCUT2D eigenvalue weighted by atomic mass is 16.7. The minimum absolute atomic E-state index is 0.0444. The number of carbonyl (C=O) groups is 1. The second-order valence-corrected chi connectivity index (χ2v) is 2.72. The molecule has 0 atom stereocenters. The predicted octanol–water partition coefficient (Wildman–Crippen LogP) is 2.27. The van der Waals surface area contributed by atoms with Crippen molar-refractivity contribution in [1.29, 1.82) is 0 Å². The number of hydrogen-bond donors (Lipinski definition) is 0. The molecule has 0 aliphatic heterocycles. The van der Waals surface area contributed by atoms with Crippen LogP contribution in [0.1, 0.15) is 32.6 Å². The van der Waals surface area contributed by atoms with Crippen molar-refractivity contribution in [1.82, 2.24) is 0 Å². The van der Waals surface area contributed by atoms with Crippen molar-refractivity contribution < 1.29 is 14.3 Å². The molecule has 0 aromatic rings. The lowest BCUT2D eigenvalue weighted by Gasteiger charge is -1.97. The van der Waals surface area contributed by atoms with Crippen molar-refractivity contribution in [2.24, 2.45) is 0 Å². The molecule has 0 aromatic heterocycles. The van der Waals surface area contributed by atoms with Crippen LogP contribution in [0.5, 0.6) is 0 Å². The van der Waals surface area contributed by atoms with Crippen LogP contribution in [-0.2, 0) is 14.3 Å². The molecule has 3 nitrogen and oxygen atoms in total. The van der Waals surface area contributed by atoms with Gasteiger partial charge in [-0.15, -0.1) is 0 Å². The number of allylic oxidation sites excluding steroid dienone is 1. The average Bonchev–Trinajstić information content (AvgIpc) is 2.16. The van der Waals surface area contributed by atoms with E-state index in [2.05, 4.69) is 17.7 Å². The van der Waals surface area contributed by atoms with Crippen LogP contribution < -0.4 is 0 Å². The van der Waals surface area contributed by atoms with Gasteiger partial charge in [0.25, 0.3) is 6.47 Å². The Kier molecular flexibility index (Phi) is 10.5. The van der Waals surface area contributed by atoms with Gasteiger partial charge in [0.05, 0.1) is 6.61 Å². The van der Waals surface area contributed by atoms with Crippen LogP contribution in [0.3, 0.4) is 0 Å². The Labute approximate surface area is 79.7 Å². The fourth-order valence-electron chi connectivity index (χ4n) is 0.890. The van der Waals surface area contributed by atoms with Gasteiger partial charge in [-0.2, -0.15) is 0 Å². The lowest BCUT2D eigenvalue weighted by atomic mass is 10.2. The summed E-state index contributed by atoms with van der Waals surface area (Å²) >= 11 is 0. The van der Waals surface area contributed by atoms with Gasteiger partial charge >= 0.3 is 0 Å². The van der Waals surface area contributed by atoms with E-state index in [1.165, 1.54) is 19.3 Å². The molecule has 0 amide bonds. The third-order valence-electron chi connectivity index (χ3n) is 1.57. The van der Waals surface area contributed by atoms with Crippen LogP contribution in [0.15, 0.2) is 12.2 Å². The Morgan fingerprint density at radius 2 is 2.08 bits per heavy atom. The second-order valence-electron chi connectivity index (χ2n) is 2.72. The monoisotopic (exact) mass is 186 g/mol. The van der Waals surface area contributed by atoms with E-state index in [4.69, 9.17) is 4.74 Å². The molecule has 0 fully saturated rings. The maximum Gasteiger partial charge on any atom is 0.295 e. The van der Waals surface area contributed by atoms with Gasteiger partial charge in [-0.3, -0.25) is 4.79 Å². The van der Waals surface area contributed by atoms with Crippen LogP contribution in [-0.4, -0.2) is 19.9 Å². The van der Waals surface area contributed by atoms with Gasteiger partial charge < -0.3 is 9.47 Å². The van der Waals surface area contributed by atoms with E-state index in [1.807, 2.05) is 6.08 Å². The normalized spacial score (nSPS) is 10.5. The van der Waals surface area contributed by atoms with E-state index in [-0.39, 0.29) is 6.79 Å². The van der Waals surface area contributed by atoms with Crippen LogP contribution in [0.4, 0.5) is 0 Å². The summed E-state index contributed by atoms with van der Waals surface area (Å²) in [7, 11) is 0. The molecule has 3 heteroatoms. The first-order chi connectivity index (χ1) is 6.41. The molecule has 0 spiro atoms. The zero-order chi connectivity index (χ0) is 9.78. The van der Waals surface area contributed by atoms with Gasteiger partial charge in [0.2, 0.25) is 0 Å². The highest BCUT2D eigenvalue weighted by molar-refractivity contribution is 5.36. The van der Waals surface area contributed by atoms with E-state index >= 15 is 0 Å². The third kappa shape index (κ3) is 11.2. The zero-order valence-electron chi connectivity index (χ0n) is 8.20. The molecule has 0 unspecified atom stereocenters. The van der Waals surface area contributed by atoms with Gasteiger partial charge in [-0.25, -0.2) is 0 Å². The van der Waals surface area contributed by atoms with Gasteiger partial charge in [-0.05, 0) is 12.8 Å². The summed E-state index contributed by atoms with van der Waals surface area (Å²) in [4.78, 5) is 9.69. The fourth-order valence-corrected chi connectivity index (χ4v) is 0.890. The smallest absolute Gasteiger partial charge is 0.295 e. The maximum absolute atomic E-state index is 9.69. The number of ether oxygens (including phenoxy) is 2. The van der Waals surface area contributed by atoms with E-state index in [1.54, 1.807) is 0 Å². The molecule has 0 aliphatic carbocycles. The van der Waals surface area contributed by atoms with E-state index in [0.29, 0.717) is 13.1 Å². The molecule has 0 aromatic carbocycles. The lowest BCUT2D eigenvalue weighted by molar-refractivity contribution is -0.139. The van der Waals surface area contributed by atoms with E-state index < -0.39 is 0 Å². The minimum Gasteiger partial charge on any atom is -0.441 e. The quantitative estimate of drug-likeness (QED) is 0.240. The molecule has 0 saturated heterocycles. The van der Waals surface area contributed by atoms with Crippen molar-refractivity contribution >= 4 is 6.47 Å². The molecule has 76 valence electrons. The van der Waals surface area contributed by atoms with Crippen molar-refractivity contribution in [3.8, 4) is 0 Å². The van der Waals surface area contributed by atoms with Crippen molar-refractivity contribution in [2.75, 3.05) is 13.4 Å². The number of rotatable bonds is 9. The summed E-state index contributed by atoms with van der Waals surface area (Å²) in [6.07, 6.45) is 8.90. The Hall–Kier alpha value is -0.830. The van der Waals surface area contributed by atoms with Crippen molar-refractivity contribution in [2.45, 2.75) is 32.6 Å². The van der Waals surface area contributed by atoms with Crippen LogP contribution in [0, 0.1) is 0 Å². The van der Waals surface area contributed by atoms with E-state index in [0.717, 1.165) is 6.42 Å². The van der Waals surface area contributed by atoms with Crippen LogP contribution in [0.25, 0.3) is 0 Å². The zero-order valence-corrected chi connectivity index (χ0v) is 8.20. The molecule has 0 bridgehead atoms. The van der Waals surface area contributed by atoms with Gasteiger partial charge in [0.1, 0.15) is 0 Å². The first kappa shape index (κ1) is 12.2. The van der Waals surface area contributed by atoms with Crippen LogP contribution >= 0.6 is 0 Å². The second kappa shape index (κ2) is 11.2. The largest absolute Gasteiger partial charge is 0.441 e. The highest BCUT2D eigenvalue weighted by Gasteiger charge is 1.83. The highest BCUT2D eigenvalue weighted by Crippen LogP contribution is 1.99. The molecule has 0 aliphatic rings. The molecule has 0 rings (SSSR count). The fraction of sp³-hybridized carbons (Fsp3) is 0.700. The maximum atomic E-state index is 9.69. The molecule has 0 heterocycles. The van der Waals surface area contributed by atoms with E-state index in [9.17, 15) is 4.79 Å². The average molecular weight is 186 g/mol. The number of unbranched alkanes of at least 4 members (excludes halogenated alkanes) is 3. The summed E-state index contributed by atoms with van der Waals surface area (Å²) < 4.78 is 9.28. The topological polar surface area (TPSA) is 35.5 Å². The Morgan fingerprint density at radius 3 is 2.77 bits per heavy atom. The Morgan fingerprint density at radius 1 is 1.23 bits per heavy atom. The molecule has 0 N–H and O–H groups in total. The van der Waals surface area contributed by atoms with Crippen molar-refractivity contribution in [3.05, 3.63) is 12.2 Å².